The molecule has 2 aromatic carbocycles. The van der Waals surface area contributed by atoms with E-state index in [0.29, 0.717) is 29.1 Å². The second-order valence-corrected chi connectivity index (χ2v) is 7.01. The standard InChI is InChI=1S/C18H18N2O3S/c1-24(23)16-9-7-14(8-10-16)19-18(22)13-4-2-5-15(12-13)20-11-3-6-17(20)21/h2,4-5,7-10,12H,3,6,11H2,1H3,(H,19,22)/t24-/m1/s1. The molecule has 6 heteroatoms. The fourth-order valence-electron chi connectivity index (χ4n) is 2.67. The Morgan fingerprint density at radius 1 is 1.17 bits per heavy atom. The summed E-state index contributed by atoms with van der Waals surface area (Å²) in [6.07, 6.45) is 3.01. The van der Waals surface area contributed by atoms with Gasteiger partial charge in [-0.1, -0.05) is 6.07 Å². The Kier molecular flexibility index (Phi) is 4.76. The summed E-state index contributed by atoms with van der Waals surface area (Å²) < 4.78 is 11.4. The van der Waals surface area contributed by atoms with Crippen LogP contribution in [0.1, 0.15) is 23.2 Å². The second-order valence-electron chi connectivity index (χ2n) is 5.63. The lowest BCUT2D eigenvalue weighted by Gasteiger charge is -2.16. The third kappa shape index (κ3) is 3.54. The topological polar surface area (TPSA) is 66.5 Å². The van der Waals surface area contributed by atoms with Crippen molar-refractivity contribution in [1.82, 2.24) is 0 Å². The van der Waals surface area contributed by atoms with Crippen molar-refractivity contribution in [3.8, 4) is 0 Å². The number of amides is 2. The summed E-state index contributed by atoms with van der Waals surface area (Å²) in [5, 5.41) is 2.81. The molecule has 3 rings (SSSR count). The predicted molar refractivity (Wildman–Crippen MR) is 94.8 cm³/mol. The average molecular weight is 342 g/mol. The van der Waals surface area contributed by atoms with Crippen molar-refractivity contribution in [2.75, 3.05) is 23.0 Å². The second kappa shape index (κ2) is 6.97. The van der Waals surface area contributed by atoms with Gasteiger partial charge in [-0.05, 0) is 48.9 Å². The van der Waals surface area contributed by atoms with Crippen molar-refractivity contribution in [1.29, 1.82) is 0 Å². The van der Waals surface area contributed by atoms with Crippen LogP contribution in [0.25, 0.3) is 0 Å². The van der Waals surface area contributed by atoms with E-state index in [1.165, 1.54) is 0 Å². The molecule has 1 atom stereocenters. The number of anilines is 2. The first kappa shape index (κ1) is 16.4. The molecule has 0 saturated carbocycles. The number of carbonyl (C=O) groups excluding carboxylic acids is 2. The lowest BCUT2D eigenvalue weighted by Crippen LogP contribution is -2.24. The van der Waals surface area contributed by atoms with Gasteiger partial charge in [-0.2, -0.15) is 0 Å². The molecule has 0 aliphatic carbocycles. The number of hydrogen-bond acceptors (Lipinski definition) is 3. The van der Waals surface area contributed by atoms with Crippen molar-refractivity contribution in [2.45, 2.75) is 17.7 Å². The summed E-state index contributed by atoms with van der Waals surface area (Å²) in [5.41, 5.74) is 1.88. The summed E-state index contributed by atoms with van der Waals surface area (Å²) >= 11 is 0. The summed E-state index contributed by atoms with van der Waals surface area (Å²) in [7, 11) is -1.04. The zero-order chi connectivity index (χ0) is 17.1. The zero-order valence-corrected chi connectivity index (χ0v) is 14.1. The molecule has 5 nitrogen and oxygen atoms in total. The van der Waals surface area contributed by atoms with E-state index in [0.717, 1.165) is 12.1 Å². The molecule has 1 aliphatic rings. The minimum atomic E-state index is -1.04. The highest BCUT2D eigenvalue weighted by Gasteiger charge is 2.22. The Labute approximate surface area is 143 Å². The number of carbonyl (C=O) groups is 2. The lowest BCUT2D eigenvalue weighted by atomic mass is 10.1. The molecule has 1 fully saturated rings. The van der Waals surface area contributed by atoms with E-state index in [-0.39, 0.29) is 11.8 Å². The van der Waals surface area contributed by atoms with Crippen LogP contribution in [0.2, 0.25) is 0 Å². The number of benzene rings is 2. The van der Waals surface area contributed by atoms with Crippen LogP contribution in [-0.2, 0) is 15.6 Å². The van der Waals surface area contributed by atoms with Crippen molar-refractivity contribution >= 4 is 34.0 Å². The van der Waals surface area contributed by atoms with Crippen LogP contribution in [0, 0.1) is 0 Å². The number of nitrogens with one attached hydrogen (secondary N) is 1. The predicted octanol–water partition coefficient (Wildman–Crippen LogP) is 2.80. The summed E-state index contributed by atoms with van der Waals surface area (Å²) in [5.74, 6) is -0.149. The normalized spacial score (nSPS) is 15.4. The fourth-order valence-corrected chi connectivity index (χ4v) is 3.19. The minimum Gasteiger partial charge on any atom is -0.322 e. The maximum Gasteiger partial charge on any atom is 0.255 e. The third-order valence-corrected chi connectivity index (χ3v) is 4.87. The van der Waals surface area contributed by atoms with Gasteiger partial charge in [-0.15, -0.1) is 0 Å². The van der Waals surface area contributed by atoms with E-state index in [4.69, 9.17) is 0 Å². The molecule has 124 valence electrons. The zero-order valence-electron chi connectivity index (χ0n) is 13.3. The van der Waals surface area contributed by atoms with Gasteiger partial charge in [0.2, 0.25) is 5.91 Å². The van der Waals surface area contributed by atoms with Crippen LogP contribution < -0.4 is 10.2 Å². The molecular formula is C18H18N2O3S. The maximum atomic E-state index is 12.4. The molecule has 1 saturated heterocycles. The van der Waals surface area contributed by atoms with E-state index >= 15 is 0 Å². The van der Waals surface area contributed by atoms with Gasteiger partial charge in [-0.3, -0.25) is 13.8 Å². The fraction of sp³-hybridized carbons (Fsp3) is 0.222. The van der Waals surface area contributed by atoms with Crippen LogP contribution in [0.3, 0.4) is 0 Å². The van der Waals surface area contributed by atoms with Crippen LogP contribution >= 0.6 is 0 Å². The quantitative estimate of drug-likeness (QED) is 0.929. The molecule has 24 heavy (non-hydrogen) atoms. The number of rotatable bonds is 4. The van der Waals surface area contributed by atoms with E-state index in [9.17, 15) is 13.8 Å². The van der Waals surface area contributed by atoms with Gasteiger partial charge in [0.15, 0.2) is 0 Å². The van der Waals surface area contributed by atoms with Crippen LogP contribution in [-0.4, -0.2) is 28.8 Å². The molecule has 0 radical (unpaired) electrons. The van der Waals surface area contributed by atoms with Crippen molar-refractivity contribution < 1.29 is 13.8 Å². The molecule has 0 bridgehead atoms. The minimum absolute atomic E-state index is 0.0933. The average Bonchev–Trinajstić information content (AvgIpc) is 3.01. The van der Waals surface area contributed by atoms with Crippen molar-refractivity contribution in [3.05, 3.63) is 54.1 Å². The number of hydrogen-bond donors (Lipinski definition) is 1. The Bertz CT molecular complexity index is 802. The maximum absolute atomic E-state index is 12.4. The van der Waals surface area contributed by atoms with Gasteiger partial charge in [0.1, 0.15) is 0 Å². The van der Waals surface area contributed by atoms with Crippen LogP contribution in [0.15, 0.2) is 53.4 Å². The molecule has 0 unspecified atom stereocenters. The smallest absolute Gasteiger partial charge is 0.255 e. The van der Waals surface area contributed by atoms with Gasteiger partial charge < -0.3 is 10.2 Å². The van der Waals surface area contributed by atoms with Crippen LogP contribution in [0.5, 0.6) is 0 Å². The summed E-state index contributed by atoms with van der Waals surface area (Å²) in [6, 6.07) is 14.0. The monoisotopic (exact) mass is 342 g/mol. The largest absolute Gasteiger partial charge is 0.322 e. The van der Waals surface area contributed by atoms with Gasteiger partial charge in [-0.25, -0.2) is 0 Å². The highest BCUT2D eigenvalue weighted by atomic mass is 32.2. The molecule has 2 aromatic rings. The highest BCUT2D eigenvalue weighted by molar-refractivity contribution is 7.84. The molecule has 1 N–H and O–H groups in total. The van der Waals surface area contributed by atoms with E-state index in [1.54, 1.807) is 53.6 Å². The van der Waals surface area contributed by atoms with Crippen LogP contribution in [0.4, 0.5) is 11.4 Å². The highest BCUT2D eigenvalue weighted by Crippen LogP contribution is 2.23. The molecule has 1 aliphatic heterocycles. The number of nitrogens with zero attached hydrogens (tertiary/aromatic N) is 1. The summed E-state index contributed by atoms with van der Waals surface area (Å²) in [6.45, 7) is 0.694. The first-order chi connectivity index (χ1) is 11.5. The van der Waals surface area contributed by atoms with Crippen molar-refractivity contribution in [2.24, 2.45) is 0 Å². The molecule has 1 heterocycles. The molecule has 2 amide bonds. The van der Waals surface area contributed by atoms with E-state index < -0.39 is 10.8 Å². The van der Waals surface area contributed by atoms with Gasteiger partial charge in [0, 0.05) is 51.9 Å². The Morgan fingerprint density at radius 3 is 2.54 bits per heavy atom. The first-order valence-electron chi connectivity index (χ1n) is 7.70. The van der Waals surface area contributed by atoms with E-state index in [1.807, 2.05) is 6.07 Å². The Morgan fingerprint density at radius 2 is 1.92 bits per heavy atom. The van der Waals surface area contributed by atoms with Gasteiger partial charge >= 0.3 is 0 Å². The van der Waals surface area contributed by atoms with Gasteiger partial charge in [0.05, 0.1) is 0 Å². The van der Waals surface area contributed by atoms with Crippen molar-refractivity contribution in [3.63, 3.8) is 0 Å². The Balaban J connectivity index is 1.75. The first-order valence-corrected chi connectivity index (χ1v) is 9.26. The molecular weight excluding hydrogens is 324 g/mol. The summed E-state index contributed by atoms with van der Waals surface area (Å²) in [4.78, 5) is 26.7. The molecule has 0 spiro atoms. The third-order valence-electron chi connectivity index (χ3n) is 3.94. The van der Waals surface area contributed by atoms with Gasteiger partial charge in [0.25, 0.3) is 5.91 Å². The Hall–Kier alpha value is -2.47. The van der Waals surface area contributed by atoms with E-state index in [2.05, 4.69) is 5.32 Å². The SMILES string of the molecule is C[S@@](=O)c1ccc(NC(=O)c2cccc(N3CCCC3=O)c2)cc1. The molecule has 0 aromatic heterocycles. The lowest BCUT2D eigenvalue weighted by molar-refractivity contribution is -0.117.